The van der Waals surface area contributed by atoms with Crippen molar-refractivity contribution in [3.8, 4) is 124 Å². The molecule has 0 atom stereocenters. The molecule has 0 fully saturated rings. The third-order valence-corrected chi connectivity index (χ3v) is 18.1. The molecule has 0 unspecified atom stereocenters. The van der Waals surface area contributed by atoms with Crippen LogP contribution in [0.4, 0.5) is 0 Å². The lowest BCUT2D eigenvalue weighted by atomic mass is 9.87. The van der Waals surface area contributed by atoms with Crippen molar-refractivity contribution in [1.29, 1.82) is 0 Å². The second-order valence-corrected chi connectivity index (χ2v) is 23.8. The number of hydrogen-bond donors (Lipinski definition) is 0. The fourth-order valence-electron chi connectivity index (χ4n) is 13.5. The van der Waals surface area contributed by atoms with Gasteiger partial charge in [0.1, 0.15) is 0 Å². The number of pyridine rings is 1. The number of benzene rings is 13. The van der Waals surface area contributed by atoms with Crippen molar-refractivity contribution in [2.24, 2.45) is 0 Å². The van der Waals surface area contributed by atoms with E-state index in [9.17, 15) is 0 Å². The summed E-state index contributed by atoms with van der Waals surface area (Å²) in [6.45, 7) is 2.07. The molecule has 6 nitrogen and oxygen atoms in total. The molecule has 0 N–H and O–H groups in total. The van der Waals surface area contributed by atoms with Gasteiger partial charge in [0, 0.05) is 60.9 Å². The van der Waals surface area contributed by atoms with Crippen LogP contribution in [0.5, 0.6) is 0 Å². The standard InChI is InChI=1S/C87H58N6/c1-57-21-20-34-79(88-57)84-73(62-35-43-71(44-36-62)92-80-47-39-66(58-22-8-2-9-23-58)51-75(80)76-52-67(40-48-81(76)92)59-24-10-3-11-25-59)55-70(87-90-85(64-30-16-6-17-31-64)89-86(91-87)65-32-18-7-19-33-65)56-74(84)63-37-45-72(46-38-63)93-82-49-41-68(60-26-12-4-13-27-60)53-77(82)78-54-69(42-50-83(78)93)61-28-14-5-15-29-61/h2-56H,1H3. The van der Waals surface area contributed by atoms with Crippen LogP contribution < -0.4 is 0 Å². The number of aromatic nitrogens is 6. The molecule has 0 amide bonds. The summed E-state index contributed by atoms with van der Waals surface area (Å²) < 4.78 is 4.82. The normalized spacial score (nSPS) is 11.5. The summed E-state index contributed by atoms with van der Waals surface area (Å²) in [6.07, 6.45) is 0. The largest absolute Gasteiger partial charge is 0.309 e. The molecule has 0 aliphatic carbocycles. The van der Waals surface area contributed by atoms with Crippen LogP contribution in [0.15, 0.2) is 334 Å². The lowest BCUT2D eigenvalue weighted by Crippen LogP contribution is -2.02. The molecule has 17 aromatic rings. The van der Waals surface area contributed by atoms with E-state index >= 15 is 0 Å². The summed E-state index contributed by atoms with van der Waals surface area (Å²) in [5, 5.41) is 4.77. The van der Waals surface area contributed by atoms with Crippen molar-refractivity contribution in [1.82, 2.24) is 29.1 Å². The molecule has 0 spiro atoms. The number of hydrogen-bond acceptors (Lipinski definition) is 4. The van der Waals surface area contributed by atoms with Gasteiger partial charge in [-0.15, -0.1) is 0 Å². The van der Waals surface area contributed by atoms with E-state index < -0.39 is 0 Å². The Labute approximate surface area is 539 Å². The smallest absolute Gasteiger partial charge is 0.164 e. The monoisotopic (exact) mass is 1190 g/mol. The summed E-state index contributed by atoms with van der Waals surface area (Å²) in [5.74, 6) is 1.75. The van der Waals surface area contributed by atoms with E-state index in [1.54, 1.807) is 0 Å². The van der Waals surface area contributed by atoms with Gasteiger partial charge in [0.25, 0.3) is 0 Å². The Morgan fingerprint density at radius 3 is 0.817 bits per heavy atom. The van der Waals surface area contributed by atoms with Gasteiger partial charge < -0.3 is 9.13 Å². The molecule has 13 aromatic carbocycles. The fraction of sp³-hybridized carbons (Fsp3) is 0.0115. The minimum atomic E-state index is 0.562. The third-order valence-electron chi connectivity index (χ3n) is 18.1. The number of nitrogens with zero attached hydrogens (tertiary/aromatic N) is 6. The molecule has 0 aliphatic heterocycles. The molecule has 0 saturated heterocycles. The fourth-order valence-corrected chi connectivity index (χ4v) is 13.5. The Morgan fingerprint density at radius 1 is 0.215 bits per heavy atom. The quantitative estimate of drug-likeness (QED) is 0.122. The SMILES string of the molecule is Cc1cccc(-c2c(-c3ccc(-n4c5ccc(-c6ccccc6)cc5c5cc(-c6ccccc6)ccc54)cc3)cc(-c3nc(-c4ccccc4)nc(-c4ccccc4)n3)cc2-c2ccc(-n3c4ccc(-c5ccccc5)cc4c4cc(-c5ccccc5)ccc43)cc2)n1. The van der Waals surface area contributed by atoms with E-state index in [0.29, 0.717) is 17.5 Å². The first-order valence-corrected chi connectivity index (χ1v) is 31.6. The number of rotatable bonds is 12. The maximum atomic E-state index is 5.35. The van der Waals surface area contributed by atoms with Crippen LogP contribution in [0.1, 0.15) is 5.69 Å². The second-order valence-electron chi connectivity index (χ2n) is 23.8. The first-order valence-electron chi connectivity index (χ1n) is 31.6. The number of aryl methyl sites for hydroxylation is 1. The van der Waals surface area contributed by atoms with E-state index in [-0.39, 0.29) is 0 Å². The van der Waals surface area contributed by atoms with Crippen molar-refractivity contribution >= 4 is 43.6 Å². The first kappa shape index (κ1) is 54.7. The highest BCUT2D eigenvalue weighted by Crippen LogP contribution is 2.46. The van der Waals surface area contributed by atoms with Crippen molar-refractivity contribution in [3.05, 3.63) is 339 Å². The predicted molar refractivity (Wildman–Crippen MR) is 385 cm³/mol. The van der Waals surface area contributed by atoms with Gasteiger partial charge in [0.2, 0.25) is 0 Å². The van der Waals surface area contributed by atoms with Crippen LogP contribution in [-0.2, 0) is 0 Å². The highest BCUT2D eigenvalue weighted by Gasteiger charge is 2.23. The summed E-state index contributed by atoms with van der Waals surface area (Å²) in [5.41, 5.74) is 25.5. The Bertz CT molecular complexity index is 5110. The van der Waals surface area contributed by atoms with Crippen LogP contribution in [0.2, 0.25) is 0 Å². The Balaban J connectivity index is 0.867. The van der Waals surface area contributed by atoms with Gasteiger partial charge in [0.15, 0.2) is 17.5 Å². The molecular weight excluding hydrogens is 1130 g/mol. The molecular formula is C87H58N6. The number of fused-ring (bicyclic) bond motifs is 6. The maximum absolute atomic E-state index is 5.35. The molecule has 0 bridgehead atoms. The molecule has 93 heavy (non-hydrogen) atoms. The Kier molecular flexibility index (Phi) is 13.7. The Morgan fingerprint density at radius 2 is 0.505 bits per heavy atom. The zero-order valence-electron chi connectivity index (χ0n) is 50.9. The minimum Gasteiger partial charge on any atom is -0.309 e. The van der Waals surface area contributed by atoms with Gasteiger partial charge >= 0.3 is 0 Å². The van der Waals surface area contributed by atoms with E-state index in [4.69, 9.17) is 19.9 Å². The first-order chi connectivity index (χ1) is 46.0. The summed E-state index contributed by atoms with van der Waals surface area (Å²) in [7, 11) is 0. The lowest BCUT2D eigenvalue weighted by molar-refractivity contribution is 1.07. The molecule has 17 rings (SSSR count). The van der Waals surface area contributed by atoms with Gasteiger partial charge in [0.05, 0.1) is 27.8 Å². The van der Waals surface area contributed by atoms with Gasteiger partial charge in [-0.05, 0) is 171 Å². The van der Waals surface area contributed by atoms with E-state index in [0.717, 1.165) is 89.3 Å². The topological polar surface area (TPSA) is 61.4 Å². The summed E-state index contributed by atoms with van der Waals surface area (Å²) in [6, 6.07) is 120. The van der Waals surface area contributed by atoms with E-state index in [1.165, 1.54) is 66.1 Å². The van der Waals surface area contributed by atoms with Crippen LogP contribution in [0.3, 0.4) is 0 Å². The minimum absolute atomic E-state index is 0.562. The highest BCUT2D eigenvalue weighted by molar-refractivity contribution is 6.13. The molecule has 436 valence electrons. The molecule has 4 aromatic heterocycles. The zero-order chi connectivity index (χ0) is 61.8. The summed E-state index contributed by atoms with van der Waals surface area (Å²) in [4.78, 5) is 21.2. The third kappa shape index (κ3) is 10.1. The second kappa shape index (κ2) is 23.2. The van der Waals surface area contributed by atoms with E-state index in [2.05, 4.69) is 313 Å². The molecule has 0 saturated carbocycles. The maximum Gasteiger partial charge on any atom is 0.164 e. The highest BCUT2D eigenvalue weighted by atomic mass is 15.0. The summed E-state index contributed by atoms with van der Waals surface area (Å²) >= 11 is 0. The Hall–Kier alpha value is -12.4. The average Bonchev–Trinajstić information content (AvgIpc) is 1.67. The van der Waals surface area contributed by atoms with Crippen molar-refractivity contribution in [2.45, 2.75) is 6.92 Å². The van der Waals surface area contributed by atoms with Crippen LogP contribution in [-0.4, -0.2) is 29.1 Å². The average molecular weight is 1190 g/mol. The van der Waals surface area contributed by atoms with Crippen LogP contribution in [0.25, 0.3) is 167 Å². The molecule has 0 aliphatic rings. The zero-order valence-corrected chi connectivity index (χ0v) is 50.9. The van der Waals surface area contributed by atoms with Crippen molar-refractivity contribution < 1.29 is 0 Å². The lowest BCUT2D eigenvalue weighted by Gasteiger charge is -2.19. The van der Waals surface area contributed by atoms with Gasteiger partial charge in [-0.3, -0.25) is 4.98 Å². The van der Waals surface area contributed by atoms with Crippen LogP contribution in [0, 0.1) is 6.92 Å². The van der Waals surface area contributed by atoms with Gasteiger partial charge in [-0.25, -0.2) is 15.0 Å². The van der Waals surface area contributed by atoms with Crippen LogP contribution >= 0.6 is 0 Å². The van der Waals surface area contributed by atoms with Gasteiger partial charge in [-0.2, -0.15) is 0 Å². The molecule has 6 heteroatoms. The van der Waals surface area contributed by atoms with E-state index in [1.807, 2.05) is 36.4 Å². The van der Waals surface area contributed by atoms with Gasteiger partial charge in [-0.1, -0.05) is 237 Å². The van der Waals surface area contributed by atoms with Crippen molar-refractivity contribution in [3.63, 3.8) is 0 Å². The molecule has 4 heterocycles. The predicted octanol–water partition coefficient (Wildman–Crippen LogP) is 22.4. The molecule has 0 radical (unpaired) electrons. The van der Waals surface area contributed by atoms with Crippen molar-refractivity contribution in [2.75, 3.05) is 0 Å².